The van der Waals surface area contributed by atoms with Gasteiger partial charge in [-0.25, -0.2) is 4.79 Å². The fourth-order valence-corrected chi connectivity index (χ4v) is 2.56. The van der Waals surface area contributed by atoms with Crippen LogP contribution in [0.15, 0.2) is 29.7 Å². The van der Waals surface area contributed by atoms with Gasteiger partial charge in [0.2, 0.25) is 0 Å². The molecule has 0 aromatic heterocycles. The molecule has 2 N–H and O–H groups in total. The van der Waals surface area contributed by atoms with E-state index in [-0.39, 0.29) is 12.5 Å². The summed E-state index contributed by atoms with van der Waals surface area (Å²) in [7, 11) is -0.545. The Labute approximate surface area is 157 Å². The van der Waals surface area contributed by atoms with Gasteiger partial charge in [0.15, 0.2) is 0 Å². The first kappa shape index (κ1) is 20.7. The second-order valence-electron chi connectivity index (χ2n) is 8.60. The number of hydrogen-bond donors (Lipinski definition) is 1. The molecule has 142 valence electrons. The maximum atomic E-state index is 12.5. The number of hydrogen-bond acceptors (Lipinski definition) is 5. The molecular weight excluding hydrogens is 329 g/mol. The largest absolute Gasteiger partial charge is 0.491 e. The van der Waals surface area contributed by atoms with Crippen molar-refractivity contribution < 1.29 is 18.8 Å². The number of esters is 1. The van der Waals surface area contributed by atoms with E-state index < -0.39 is 23.9 Å². The molecule has 1 saturated heterocycles. The SMILES string of the molecule is CC(C)(C)OC(=O)c1ccccc1C=C(CN)B1OC(C)(C)C(C)(C)O1. The molecule has 0 saturated carbocycles. The maximum absolute atomic E-state index is 12.5. The van der Waals surface area contributed by atoms with Gasteiger partial charge in [-0.2, -0.15) is 0 Å². The van der Waals surface area contributed by atoms with Gasteiger partial charge in [0.1, 0.15) is 5.60 Å². The van der Waals surface area contributed by atoms with Crippen molar-refractivity contribution >= 4 is 19.2 Å². The molecule has 0 unspecified atom stereocenters. The highest BCUT2D eigenvalue weighted by Crippen LogP contribution is 2.38. The number of benzene rings is 1. The predicted octanol–water partition coefficient (Wildman–Crippen LogP) is 3.62. The van der Waals surface area contributed by atoms with Crippen molar-refractivity contribution in [3.8, 4) is 0 Å². The third-order valence-corrected chi connectivity index (χ3v) is 4.71. The third kappa shape index (κ3) is 4.55. The summed E-state index contributed by atoms with van der Waals surface area (Å²) in [6.45, 7) is 13.8. The lowest BCUT2D eigenvalue weighted by molar-refractivity contribution is 0.00578. The van der Waals surface area contributed by atoms with Gasteiger partial charge in [0, 0.05) is 6.54 Å². The van der Waals surface area contributed by atoms with Crippen LogP contribution in [-0.4, -0.2) is 36.4 Å². The van der Waals surface area contributed by atoms with Gasteiger partial charge in [0.05, 0.1) is 16.8 Å². The number of ether oxygens (including phenoxy) is 1. The van der Waals surface area contributed by atoms with Crippen LogP contribution in [0.1, 0.15) is 64.4 Å². The molecule has 0 bridgehead atoms. The first-order valence-corrected chi connectivity index (χ1v) is 8.95. The first-order chi connectivity index (χ1) is 11.9. The van der Waals surface area contributed by atoms with Crippen LogP contribution < -0.4 is 5.73 Å². The Kier molecular flexibility index (Phi) is 5.71. The topological polar surface area (TPSA) is 70.8 Å². The lowest BCUT2D eigenvalue weighted by Gasteiger charge is -2.32. The zero-order chi connectivity index (χ0) is 19.8. The van der Waals surface area contributed by atoms with Crippen molar-refractivity contribution in [2.75, 3.05) is 6.54 Å². The van der Waals surface area contributed by atoms with E-state index >= 15 is 0 Å². The summed E-state index contributed by atoms with van der Waals surface area (Å²) in [6.07, 6.45) is 1.86. The molecule has 6 heteroatoms. The summed E-state index contributed by atoms with van der Waals surface area (Å²) in [4.78, 5) is 12.5. The molecule has 1 aromatic carbocycles. The highest BCUT2D eigenvalue weighted by Gasteiger charge is 2.52. The summed E-state index contributed by atoms with van der Waals surface area (Å²) in [6, 6.07) is 7.30. The average molecular weight is 359 g/mol. The summed E-state index contributed by atoms with van der Waals surface area (Å²) in [5, 5.41) is 0. The van der Waals surface area contributed by atoms with Gasteiger partial charge in [0.25, 0.3) is 0 Å². The summed E-state index contributed by atoms with van der Waals surface area (Å²) in [5.41, 5.74) is 6.51. The van der Waals surface area contributed by atoms with Crippen molar-refractivity contribution in [1.29, 1.82) is 0 Å². The molecule has 0 atom stereocenters. The number of nitrogens with two attached hydrogens (primary N) is 1. The molecule has 2 rings (SSSR count). The van der Waals surface area contributed by atoms with E-state index in [0.29, 0.717) is 5.56 Å². The van der Waals surface area contributed by atoms with E-state index in [0.717, 1.165) is 11.0 Å². The lowest BCUT2D eigenvalue weighted by Crippen LogP contribution is -2.41. The summed E-state index contributed by atoms with van der Waals surface area (Å²) >= 11 is 0. The lowest BCUT2D eigenvalue weighted by atomic mass is 9.77. The fraction of sp³-hybridized carbons (Fsp3) is 0.550. The molecule has 0 radical (unpaired) electrons. The molecule has 1 heterocycles. The van der Waals surface area contributed by atoms with Gasteiger partial charge in [-0.05, 0) is 65.6 Å². The monoisotopic (exact) mass is 359 g/mol. The Morgan fingerprint density at radius 3 is 2.19 bits per heavy atom. The highest BCUT2D eigenvalue weighted by atomic mass is 16.7. The normalized spacial score (nSPS) is 19.5. The Morgan fingerprint density at radius 1 is 1.15 bits per heavy atom. The van der Waals surface area contributed by atoms with Crippen LogP contribution in [0.5, 0.6) is 0 Å². The van der Waals surface area contributed by atoms with Gasteiger partial charge in [-0.1, -0.05) is 24.3 Å². The number of carbonyl (C=O) groups is 1. The molecular formula is C20H30BNO4. The van der Waals surface area contributed by atoms with E-state index in [1.165, 1.54) is 0 Å². The predicted molar refractivity (Wildman–Crippen MR) is 105 cm³/mol. The Morgan fingerprint density at radius 2 is 1.69 bits per heavy atom. The van der Waals surface area contributed by atoms with E-state index in [1.54, 1.807) is 6.07 Å². The van der Waals surface area contributed by atoms with E-state index in [1.807, 2.05) is 72.7 Å². The molecule has 1 aliphatic heterocycles. The fourth-order valence-electron chi connectivity index (χ4n) is 2.56. The second kappa shape index (κ2) is 7.18. The molecule has 26 heavy (non-hydrogen) atoms. The van der Waals surface area contributed by atoms with Crippen LogP contribution in [0.3, 0.4) is 0 Å². The average Bonchev–Trinajstić information content (AvgIpc) is 2.71. The van der Waals surface area contributed by atoms with Gasteiger partial charge in [-0.15, -0.1) is 0 Å². The van der Waals surface area contributed by atoms with Gasteiger partial charge in [-0.3, -0.25) is 0 Å². The highest BCUT2D eigenvalue weighted by molar-refractivity contribution is 6.56. The van der Waals surface area contributed by atoms with E-state index in [9.17, 15) is 4.79 Å². The van der Waals surface area contributed by atoms with Crippen molar-refractivity contribution in [3.63, 3.8) is 0 Å². The first-order valence-electron chi connectivity index (χ1n) is 8.95. The summed E-state index contributed by atoms with van der Waals surface area (Å²) in [5.74, 6) is -0.366. The van der Waals surface area contributed by atoms with Gasteiger partial charge >= 0.3 is 13.1 Å². The molecule has 5 nitrogen and oxygen atoms in total. The van der Waals surface area contributed by atoms with Crippen molar-refractivity contribution in [2.24, 2.45) is 5.73 Å². The smallest absolute Gasteiger partial charge is 0.456 e. The molecule has 1 fully saturated rings. The van der Waals surface area contributed by atoms with E-state index in [2.05, 4.69) is 0 Å². The summed E-state index contributed by atoms with van der Waals surface area (Å²) < 4.78 is 17.7. The number of rotatable bonds is 4. The Bertz CT molecular complexity index is 688. The number of carbonyl (C=O) groups excluding carboxylic acids is 1. The van der Waals surface area contributed by atoms with Crippen LogP contribution in [0.25, 0.3) is 6.08 Å². The standard InChI is InChI=1S/C20H30BNO4/c1-18(2,3)24-17(23)16-11-9-8-10-14(16)12-15(13-22)21-25-19(4,5)20(6,7)26-21/h8-12H,13,22H2,1-7H3. The maximum Gasteiger partial charge on any atom is 0.491 e. The van der Waals surface area contributed by atoms with Crippen molar-refractivity contribution in [1.82, 2.24) is 0 Å². The molecule has 0 amide bonds. The zero-order valence-corrected chi connectivity index (χ0v) is 16.9. The van der Waals surface area contributed by atoms with Crippen LogP contribution in [-0.2, 0) is 14.0 Å². The van der Waals surface area contributed by atoms with Crippen LogP contribution in [0, 0.1) is 0 Å². The molecule has 1 aromatic rings. The van der Waals surface area contributed by atoms with Crippen LogP contribution in [0.4, 0.5) is 0 Å². The van der Waals surface area contributed by atoms with Gasteiger partial charge < -0.3 is 19.8 Å². The van der Waals surface area contributed by atoms with Crippen LogP contribution in [0.2, 0.25) is 0 Å². The molecule has 0 aliphatic carbocycles. The second-order valence-corrected chi connectivity index (χ2v) is 8.60. The van der Waals surface area contributed by atoms with E-state index in [4.69, 9.17) is 19.8 Å². The Balaban J connectivity index is 2.35. The minimum atomic E-state index is -0.559. The minimum Gasteiger partial charge on any atom is -0.456 e. The third-order valence-electron chi connectivity index (χ3n) is 4.71. The van der Waals surface area contributed by atoms with Crippen molar-refractivity contribution in [2.45, 2.75) is 65.3 Å². The molecule has 1 aliphatic rings. The zero-order valence-electron chi connectivity index (χ0n) is 16.9. The van der Waals surface area contributed by atoms with Crippen LogP contribution >= 0.6 is 0 Å². The quantitative estimate of drug-likeness (QED) is 0.657. The minimum absolute atomic E-state index is 0.263. The molecule has 0 spiro atoms. The Hall–Kier alpha value is -1.63. The van der Waals surface area contributed by atoms with Crippen molar-refractivity contribution in [3.05, 3.63) is 40.9 Å².